The zero-order chi connectivity index (χ0) is 14.4. The molecule has 1 nitrogen and oxygen atoms in total. The molecule has 0 spiro atoms. The molecular formula is C19H25N. The lowest BCUT2D eigenvalue weighted by Crippen LogP contribution is -2.22. The van der Waals surface area contributed by atoms with Gasteiger partial charge in [0.15, 0.2) is 0 Å². The van der Waals surface area contributed by atoms with Gasteiger partial charge in [-0.05, 0) is 37.9 Å². The fourth-order valence-electron chi connectivity index (χ4n) is 2.47. The van der Waals surface area contributed by atoms with Gasteiger partial charge >= 0.3 is 0 Å². The second-order valence-electron chi connectivity index (χ2n) is 5.61. The van der Waals surface area contributed by atoms with Crippen molar-refractivity contribution in [3.8, 4) is 0 Å². The van der Waals surface area contributed by atoms with Gasteiger partial charge in [-0.1, -0.05) is 66.6 Å². The van der Waals surface area contributed by atoms with E-state index in [1.807, 2.05) is 0 Å². The molecule has 106 valence electrons. The first-order valence-electron chi connectivity index (χ1n) is 7.52. The Kier molecular flexibility index (Phi) is 5.37. The van der Waals surface area contributed by atoms with Gasteiger partial charge < -0.3 is 5.32 Å². The van der Waals surface area contributed by atoms with E-state index in [-0.39, 0.29) is 0 Å². The van der Waals surface area contributed by atoms with Crippen molar-refractivity contribution >= 4 is 0 Å². The summed E-state index contributed by atoms with van der Waals surface area (Å²) in [4.78, 5) is 0. The van der Waals surface area contributed by atoms with E-state index in [2.05, 4.69) is 74.6 Å². The van der Waals surface area contributed by atoms with Crippen LogP contribution in [0.4, 0.5) is 0 Å². The van der Waals surface area contributed by atoms with Crippen LogP contribution in [0.25, 0.3) is 0 Å². The van der Waals surface area contributed by atoms with E-state index in [1.165, 1.54) is 22.3 Å². The number of hydrogen-bond acceptors (Lipinski definition) is 1. The van der Waals surface area contributed by atoms with Crippen LogP contribution in [0.5, 0.6) is 0 Å². The largest absolute Gasteiger partial charge is 0.316 e. The molecule has 0 aliphatic rings. The zero-order valence-corrected chi connectivity index (χ0v) is 12.8. The Bertz CT molecular complexity index is 510. The summed E-state index contributed by atoms with van der Waals surface area (Å²) >= 11 is 0. The Balaban J connectivity index is 2.14. The fraction of sp³-hybridized carbons (Fsp3) is 0.368. The van der Waals surface area contributed by atoms with Crippen molar-refractivity contribution < 1.29 is 0 Å². The molecule has 1 heteroatoms. The van der Waals surface area contributed by atoms with E-state index in [0.29, 0.717) is 5.92 Å². The van der Waals surface area contributed by atoms with Crippen molar-refractivity contribution in [2.45, 2.75) is 33.1 Å². The van der Waals surface area contributed by atoms with Gasteiger partial charge in [-0.15, -0.1) is 0 Å². The van der Waals surface area contributed by atoms with E-state index in [0.717, 1.165) is 19.5 Å². The van der Waals surface area contributed by atoms with Crippen LogP contribution >= 0.6 is 0 Å². The summed E-state index contributed by atoms with van der Waals surface area (Å²) < 4.78 is 0. The Morgan fingerprint density at radius 2 is 1.40 bits per heavy atom. The van der Waals surface area contributed by atoms with Gasteiger partial charge in [0, 0.05) is 12.5 Å². The van der Waals surface area contributed by atoms with Crippen molar-refractivity contribution in [3.63, 3.8) is 0 Å². The van der Waals surface area contributed by atoms with Crippen LogP contribution in [0.3, 0.4) is 0 Å². The van der Waals surface area contributed by atoms with E-state index < -0.39 is 0 Å². The van der Waals surface area contributed by atoms with E-state index >= 15 is 0 Å². The van der Waals surface area contributed by atoms with E-state index in [9.17, 15) is 0 Å². The topological polar surface area (TPSA) is 12.0 Å². The molecule has 0 aliphatic carbocycles. The maximum Gasteiger partial charge on any atom is 0.00232 e. The van der Waals surface area contributed by atoms with Crippen LogP contribution in [0.15, 0.2) is 48.5 Å². The van der Waals surface area contributed by atoms with Gasteiger partial charge in [0.1, 0.15) is 0 Å². The van der Waals surface area contributed by atoms with Crippen molar-refractivity contribution in [1.29, 1.82) is 0 Å². The van der Waals surface area contributed by atoms with Crippen molar-refractivity contribution in [3.05, 3.63) is 70.8 Å². The summed E-state index contributed by atoms with van der Waals surface area (Å²) in [5, 5.41) is 3.49. The van der Waals surface area contributed by atoms with Crippen LogP contribution in [0, 0.1) is 13.8 Å². The maximum absolute atomic E-state index is 3.49. The summed E-state index contributed by atoms with van der Waals surface area (Å²) in [5.74, 6) is 0.540. The lowest BCUT2D eigenvalue weighted by molar-refractivity contribution is 0.595. The number of aryl methyl sites for hydroxylation is 2. The third-order valence-electron chi connectivity index (χ3n) is 3.79. The Labute approximate surface area is 123 Å². The molecule has 1 unspecified atom stereocenters. The smallest absolute Gasteiger partial charge is 0.00232 e. The zero-order valence-electron chi connectivity index (χ0n) is 12.8. The number of rotatable bonds is 6. The molecule has 0 aliphatic heterocycles. The molecule has 0 amide bonds. The Morgan fingerprint density at radius 1 is 0.850 bits per heavy atom. The van der Waals surface area contributed by atoms with E-state index in [1.54, 1.807) is 0 Å². The second kappa shape index (κ2) is 7.25. The summed E-state index contributed by atoms with van der Waals surface area (Å²) in [7, 11) is 0. The molecule has 0 aromatic heterocycles. The van der Waals surface area contributed by atoms with Crippen LogP contribution in [0.2, 0.25) is 0 Å². The monoisotopic (exact) mass is 267 g/mol. The van der Waals surface area contributed by atoms with Gasteiger partial charge in [0.25, 0.3) is 0 Å². The number of nitrogens with one attached hydrogen (secondary N) is 1. The van der Waals surface area contributed by atoms with Crippen LogP contribution in [-0.2, 0) is 6.42 Å². The molecule has 1 atom stereocenters. The molecule has 2 aromatic rings. The average molecular weight is 267 g/mol. The predicted octanol–water partition coefficient (Wildman–Crippen LogP) is 4.24. The highest BCUT2D eigenvalue weighted by atomic mass is 14.8. The fourth-order valence-corrected chi connectivity index (χ4v) is 2.47. The minimum absolute atomic E-state index is 0.540. The highest BCUT2D eigenvalue weighted by Crippen LogP contribution is 2.21. The first kappa shape index (κ1) is 14.8. The SMILES string of the molecule is CCNCC(Cc1ccc(C)cc1)c1ccc(C)cc1. The van der Waals surface area contributed by atoms with E-state index in [4.69, 9.17) is 0 Å². The van der Waals surface area contributed by atoms with Crippen molar-refractivity contribution in [1.82, 2.24) is 5.32 Å². The Hall–Kier alpha value is -1.60. The van der Waals surface area contributed by atoms with Crippen LogP contribution in [0.1, 0.15) is 35.1 Å². The summed E-state index contributed by atoms with van der Waals surface area (Å²) in [6.45, 7) is 8.50. The molecule has 0 saturated heterocycles. The molecule has 0 saturated carbocycles. The molecule has 0 heterocycles. The number of hydrogen-bond donors (Lipinski definition) is 1. The molecular weight excluding hydrogens is 242 g/mol. The van der Waals surface area contributed by atoms with Crippen molar-refractivity contribution in [2.75, 3.05) is 13.1 Å². The molecule has 1 N–H and O–H groups in total. The first-order valence-corrected chi connectivity index (χ1v) is 7.52. The molecule has 0 radical (unpaired) electrons. The van der Waals surface area contributed by atoms with Gasteiger partial charge in [-0.3, -0.25) is 0 Å². The average Bonchev–Trinajstić information content (AvgIpc) is 2.46. The third-order valence-corrected chi connectivity index (χ3v) is 3.79. The summed E-state index contributed by atoms with van der Waals surface area (Å²) in [6.07, 6.45) is 1.09. The molecule has 0 fully saturated rings. The highest BCUT2D eigenvalue weighted by molar-refractivity contribution is 5.28. The Morgan fingerprint density at radius 3 is 1.95 bits per heavy atom. The van der Waals surface area contributed by atoms with Crippen LogP contribution < -0.4 is 5.32 Å². The maximum atomic E-state index is 3.49. The molecule has 20 heavy (non-hydrogen) atoms. The normalized spacial score (nSPS) is 12.3. The number of likely N-dealkylation sites (N-methyl/N-ethyl adjacent to an activating group) is 1. The lowest BCUT2D eigenvalue weighted by atomic mass is 9.91. The highest BCUT2D eigenvalue weighted by Gasteiger charge is 2.11. The van der Waals surface area contributed by atoms with Gasteiger partial charge in [-0.2, -0.15) is 0 Å². The minimum atomic E-state index is 0.540. The predicted molar refractivity (Wildman–Crippen MR) is 87.3 cm³/mol. The minimum Gasteiger partial charge on any atom is -0.316 e. The summed E-state index contributed by atoms with van der Waals surface area (Å²) in [5.41, 5.74) is 5.50. The summed E-state index contributed by atoms with van der Waals surface area (Å²) in [6, 6.07) is 17.9. The van der Waals surface area contributed by atoms with Crippen LogP contribution in [-0.4, -0.2) is 13.1 Å². The standard InChI is InChI=1S/C19H25N/c1-4-20-14-19(18-11-7-16(3)8-12-18)13-17-9-5-15(2)6-10-17/h5-12,19-20H,4,13-14H2,1-3H3. The first-order chi connectivity index (χ1) is 9.69. The lowest BCUT2D eigenvalue weighted by Gasteiger charge is -2.18. The molecule has 2 rings (SSSR count). The quantitative estimate of drug-likeness (QED) is 0.825. The third kappa shape index (κ3) is 4.21. The second-order valence-corrected chi connectivity index (χ2v) is 5.61. The van der Waals surface area contributed by atoms with Gasteiger partial charge in [0.05, 0.1) is 0 Å². The molecule has 0 bridgehead atoms. The van der Waals surface area contributed by atoms with Crippen molar-refractivity contribution in [2.24, 2.45) is 0 Å². The van der Waals surface area contributed by atoms with Gasteiger partial charge in [0.2, 0.25) is 0 Å². The molecule has 2 aromatic carbocycles. The number of benzene rings is 2. The van der Waals surface area contributed by atoms with Gasteiger partial charge in [-0.25, -0.2) is 0 Å².